The molecule has 1 N–H and O–H groups in total. The number of aliphatic hydroxyl groups is 1. The second-order valence-corrected chi connectivity index (χ2v) is 4.37. The van der Waals surface area contributed by atoms with Crippen molar-refractivity contribution in [1.29, 1.82) is 0 Å². The molecule has 0 fully saturated rings. The third-order valence-corrected chi connectivity index (χ3v) is 2.40. The van der Waals surface area contributed by atoms with Gasteiger partial charge in [0.25, 0.3) is 0 Å². The number of hydrogen-bond acceptors (Lipinski definition) is 5. The average molecular weight is 268 g/mol. The van der Waals surface area contributed by atoms with E-state index < -0.39 is 6.10 Å². The molecule has 5 nitrogen and oxygen atoms in total. The normalized spacial score (nSPS) is 12.3. The monoisotopic (exact) mass is 268 g/mol. The van der Waals surface area contributed by atoms with Crippen molar-refractivity contribution in [3.63, 3.8) is 0 Å². The fourth-order valence-corrected chi connectivity index (χ4v) is 1.40. The predicted octanol–water partition coefficient (Wildman–Crippen LogP) is 1.67. The number of aliphatic hydroxyl groups excluding tert-OH is 1. The molecule has 106 valence electrons. The van der Waals surface area contributed by atoms with Crippen molar-refractivity contribution in [2.24, 2.45) is 0 Å². The molecule has 0 bridgehead atoms. The van der Waals surface area contributed by atoms with Crippen LogP contribution in [0, 0.1) is 0 Å². The zero-order valence-corrected chi connectivity index (χ0v) is 11.5. The Kier molecular flexibility index (Phi) is 6.32. The Morgan fingerprint density at radius 3 is 2.63 bits per heavy atom. The van der Waals surface area contributed by atoms with Gasteiger partial charge in [-0.15, -0.1) is 0 Å². The zero-order chi connectivity index (χ0) is 14.3. The molecule has 0 spiro atoms. The van der Waals surface area contributed by atoms with Crippen LogP contribution in [0.1, 0.15) is 24.2 Å². The summed E-state index contributed by atoms with van der Waals surface area (Å²) in [6.45, 7) is 4.03. The molecule has 1 aromatic rings. The summed E-state index contributed by atoms with van der Waals surface area (Å²) in [5.74, 6) is 0.978. The van der Waals surface area contributed by atoms with Gasteiger partial charge in [0, 0.05) is 6.07 Å². The Labute approximate surface area is 113 Å². The van der Waals surface area contributed by atoms with Crippen LogP contribution in [0.25, 0.3) is 0 Å². The largest absolute Gasteiger partial charge is 0.497 e. The van der Waals surface area contributed by atoms with Gasteiger partial charge in [0.15, 0.2) is 6.29 Å². The van der Waals surface area contributed by atoms with Crippen LogP contribution in [0.3, 0.4) is 0 Å². The van der Waals surface area contributed by atoms with Gasteiger partial charge in [0.2, 0.25) is 0 Å². The number of rotatable bonds is 8. The first-order chi connectivity index (χ1) is 9.06. The predicted molar refractivity (Wildman–Crippen MR) is 71.0 cm³/mol. The van der Waals surface area contributed by atoms with E-state index in [1.54, 1.807) is 18.2 Å². The van der Waals surface area contributed by atoms with Crippen molar-refractivity contribution >= 4 is 6.29 Å². The minimum absolute atomic E-state index is 0.0528. The van der Waals surface area contributed by atoms with Crippen LogP contribution < -0.4 is 9.47 Å². The van der Waals surface area contributed by atoms with E-state index in [0.29, 0.717) is 23.3 Å². The molecule has 0 radical (unpaired) electrons. The lowest BCUT2D eigenvalue weighted by atomic mass is 10.2. The molecule has 1 aromatic carbocycles. The van der Waals surface area contributed by atoms with Crippen LogP contribution in [0.15, 0.2) is 18.2 Å². The van der Waals surface area contributed by atoms with Gasteiger partial charge in [-0.2, -0.15) is 0 Å². The second-order valence-electron chi connectivity index (χ2n) is 4.37. The molecule has 0 aliphatic heterocycles. The lowest BCUT2D eigenvalue weighted by molar-refractivity contribution is -0.0123. The molecule has 0 saturated carbocycles. The SMILES string of the molecule is COc1ccc(C=O)c(OCC(O)COC(C)C)c1. The fourth-order valence-electron chi connectivity index (χ4n) is 1.40. The van der Waals surface area contributed by atoms with E-state index >= 15 is 0 Å². The van der Waals surface area contributed by atoms with Crippen molar-refractivity contribution in [2.75, 3.05) is 20.3 Å². The van der Waals surface area contributed by atoms with Crippen LogP contribution in [0.5, 0.6) is 11.5 Å². The van der Waals surface area contributed by atoms with Crippen molar-refractivity contribution in [2.45, 2.75) is 26.1 Å². The van der Waals surface area contributed by atoms with Gasteiger partial charge in [-0.05, 0) is 26.0 Å². The van der Waals surface area contributed by atoms with Crippen molar-refractivity contribution in [3.8, 4) is 11.5 Å². The molecule has 1 unspecified atom stereocenters. The topological polar surface area (TPSA) is 65.0 Å². The van der Waals surface area contributed by atoms with Crippen LogP contribution in [0.4, 0.5) is 0 Å². The Hall–Kier alpha value is -1.59. The van der Waals surface area contributed by atoms with Gasteiger partial charge >= 0.3 is 0 Å². The Bertz CT molecular complexity index is 403. The summed E-state index contributed by atoms with van der Waals surface area (Å²) in [6.07, 6.45) is 0.0105. The quantitative estimate of drug-likeness (QED) is 0.727. The smallest absolute Gasteiger partial charge is 0.153 e. The van der Waals surface area contributed by atoms with Crippen molar-refractivity contribution in [1.82, 2.24) is 0 Å². The Morgan fingerprint density at radius 1 is 1.32 bits per heavy atom. The van der Waals surface area contributed by atoms with Crippen molar-refractivity contribution in [3.05, 3.63) is 23.8 Å². The van der Waals surface area contributed by atoms with Gasteiger partial charge in [-0.1, -0.05) is 0 Å². The summed E-state index contributed by atoms with van der Waals surface area (Å²) in [5, 5.41) is 9.68. The molecule has 19 heavy (non-hydrogen) atoms. The summed E-state index contributed by atoms with van der Waals surface area (Å²) in [6, 6.07) is 4.90. The van der Waals surface area contributed by atoms with E-state index in [1.165, 1.54) is 7.11 Å². The average Bonchev–Trinajstić information content (AvgIpc) is 2.42. The van der Waals surface area contributed by atoms with Gasteiger partial charge in [-0.3, -0.25) is 4.79 Å². The number of hydrogen-bond donors (Lipinski definition) is 1. The summed E-state index contributed by atoms with van der Waals surface area (Å²) < 4.78 is 15.7. The molecule has 0 saturated heterocycles. The standard InChI is InChI=1S/C14H20O5/c1-10(2)18-8-12(16)9-19-14-6-13(17-3)5-4-11(14)7-15/h4-7,10,12,16H,8-9H2,1-3H3. The van der Waals surface area contributed by atoms with E-state index in [-0.39, 0.29) is 19.3 Å². The molecular formula is C14H20O5. The van der Waals surface area contributed by atoms with Gasteiger partial charge in [-0.25, -0.2) is 0 Å². The minimum atomic E-state index is -0.742. The third-order valence-electron chi connectivity index (χ3n) is 2.40. The summed E-state index contributed by atoms with van der Waals surface area (Å²) in [5.41, 5.74) is 0.415. The molecule has 0 amide bonds. The molecule has 0 aromatic heterocycles. The first kappa shape index (κ1) is 15.5. The highest BCUT2D eigenvalue weighted by atomic mass is 16.5. The van der Waals surface area contributed by atoms with Crippen molar-refractivity contribution < 1.29 is 24.1 Å². The maximum atomic E-state index is 10.9. The molecule has 1 atom stereocenters. The van der Waals surface area contributed by atoms with E-state index in [9.17, 15) is 9.90 Å². The van der Waals surface area contributed by atoms with Gasteiger partial charge < -0.3 is 19.3 Å². The first-order valence-electron chi connectivity index (χ1n) is 6.12. The Morgan fingerprint density at radius 2 is 2.05 bits per heavy atom. The highest BCUT2D eigenvalue weighted by Gasteiger charge is 2.10. The minimum Gasteiger partial charge on any atom is -0.497 e. The second kappa shape index (κ2) is 7.76. The third kappa shape index (κ3) is 5.28. The van der Waals surface area contributed by atoms with E-state index in [0.717, 1.165) is 0 Å². The number of carbonyl (C=O) groups is 1. The number of benzene rings is 1. The lowest BCUT2D eigenvalue weighted by Gasteiger charge is -2.15. The highest BCUT2D eigenvalue weighted by molar-refractivity contribution is 5.79. The lowest BCUT2D eigenvalue weighted by Crippen LogP contribution is -2.25. The van der Waals surface area contributed by atoms with E-state index in [2.05, 4.69) is 0 Å². The molecule has 5 heteroatoms. The molecule has 0 aliphatic rings. The van der Waals surface area contributed by atoms with Gasteiger partial charge in [0.1, 0.15) is 24.2 Å². The molecule has 0 heterocycles. The molecule has 0 aliphatic carbocycles. The maximum Gasteiger partial charge on any atom is 0.153 e. The number of ether oxygens (including phenoxy) is 3. The van der Waals surface area contributed by atoms with Crippen LogP contribution >= 0.6 is 0 Å². The van der Waals surface area contributed by atoms with Crippen LogP contribution in [-0.4, -0.2) is 43.9 Å². The summed E-state index contributed by atoms with van der Waals surface area (Å²) in [7, 11) is 1.53. The van der Waals surface area contributed by atoms with Crippen LogP contribution in [0.2, 0.25) is 0 Å². The maximum absolute atomic E-state index is 10.9. The molecular weight excluding hydrogens is 248 g/mol. The zero-order valence-electron chi connectivity index (χ0n) is 11.5. The number of aldehydes is 1. The van der Waals surface area contributed by atoms with Gasteiger partial charge in [0.05, 0.1) is 25.4 Å². The van der Waals surface area contributed by atoms with E-state index in [1.807, 2.05) is 13.8 Å². The van der Waals surface area contributed by atoms with E-state index in [4.69, 9.17) is 14.2 Å². The fraction of sp³-hybridized carbons (Fsp3) is 0.500. The summed E-state index contributed by atoms with van der Waals surface area (Å²) in [4.78, 5) is 10.9. The summed E-state index contributed by atoms with van der Waals surface area (Å²) >= 11 is 0. The highest BCUT2D eigenvalue weighted by Crippen LogP contribution is 2.23. The Balaban J connectivity index is 2.58. The number of methoxy groups -OCH3 is 1. The first-order valence-corrected chi connectivity index (χ1v) is 6.12. The molecule has 1 rings (SSSR count). The number of carbonyl (C=O) groups excluding carboxylic acids is 1. The van der Waals surface area contributed by atoms with Crippen LogP contribution in [-0.2, 0) is 4.74 Å².